The highest BCUT2D eigenvalue weighted by molar-refractivity contribution is 6.01. The summed E-state index contributed by atoms with van der Waals surface area (Å²) >= 11 is 0. The van der Waals surface area contributed by atoms with Gasteiger partial charge in [-0.15, -0.1) is 0 Å². The topological polar surface area (TPSA) is 91.7 Å². The molecule has 0 aromatic carbocycles. The fraction of sp³-hybridized carbons (Fsp3) is 0.767. The number of aliphatic hydroxyl groups is 2. The Morgan fingerprint density at radius 1 is 1.11 bits per heavy atom. The van der Waals surface area contributed by atoms with Crippen LogP contribution in [0.25, 0.3) is 0 Å². The minimum absolute atomic E-state index is 0.0944. The van der Waals surface area contributed by atoms with Crippen molar-refractivity contribution in [1.29, 1.82) is 0 Å². The van der Waals surface area contributed by atoms with E-state index in [1.807, 2.05) is 26.8 Å². The number of Topliss-reactive ketones (excluding diaryl/α,β-unsaturated/α-hetero) is 2. The zero-order valence-electron chi connectivity index (χ0n) is 22.6. The molecule has 4 aliphatic rings. The first-order valence-corrected chi connectivity index (χ1v) is 13.5. The Kier molecular flexibility index (Phi) is 6.41. The Hall–Kier alpha value is -1.59. The summed E-state index contributed by atoms with van der Waals surface area (Å²) in [6, 6.07) is 0. The first kappa shape index (κ1) is 26.5. The molecular weight excluding hydrogens is 440 g/mol. The Morgan fingerprint density at radius 3 is 2.40 bits per heavy atom. The van der Waals surface area contributed by atoms with Crippen molar-refractivity contribution in [1.82, 2.24) is 0 Å². The second-order valence-corrected chi connectivity index (χ2v) is 13.4. The molecule has 0 spiro atoms. The summed E-state index contributed by atoms with van der Waals surface area (Å²) in [5.41, 5.74) is 0.000943. The van der Waals surface area contributed by atoms with E-state index in [1.54, 1.807) is 0 Å². The van der Waals surface area contributed by atoms with E-state index in [0.29, 0.717) is 32.1 Å². The Balaban J connectivity index is 1.78. The van der Waals surface area contributed by atoms with Crippen molar-refractivity contribution >= 4 is 17.9 Å². The van der Waals surface area contributed by atoms with Crippen LogP contribution in [-0.4, -0.2) is 40.3 Å². The summed E-state index contributed by atoms with van der Waals surface area (Å²) in [4.78, 5) is 37.8. The number of allylic oxidation sites excluding steroid dienone is 3. The molecule has 4 aliphatic carbocycles. The van der Waals surface area contributed by atoms with E-state index in [-0.39, 0.29) is 29.3 Å². The molecule has 8 atom stereocenters. The maximum absolute atomic E-state index is 14.0. The summed E-state index contributed by atoms with van der Waals surface area (Å²) < 4.78 is 0. The number of aliphatic hydroxyl groups excluding tert-OH is 2. The average molecular weight is 485 g/mol. The van der Waals surface area contributed by atoms with Crippen molar-refractivity contribution in [2.75, 3.05) is 0 Å². The second kappa shape index (κ2) is 8.48. The van der Waals surface area contributed by atoms with Crippen molar-refractivity contribution in [2.45, 2.75) is 106 Å². The Bertz CT molecular complexity index is 1000. The number of carbonyl (C=O) groups is 3. The van der Waals surface area contributed by atoms with E-state index in [1.165, 1.54) is 0 Å². The van der Waals surface area contributed by atoms with Gasteiger partial charge in [0.05, 0.1) is 12.2 Å². The van der Waals surface area contributed by atoms with E-state index in [2.05, 4.69) is 27.7 Å². The number of rotatable bonds is 5. The van der Waals surface area contributed by atoms with Crippen LogP contribution in [0.3, 0.4) is 0 Å². The van der Waals surface area contributed by atoms with Crippen LogP contribution in [0.1, 0.15) is 93.4 Å². The highest BCUT2D eigenvalue weighted by atomic mass is 16.3. The third kappa shape index (κ3) is 3.51. The molecule has 2 saturated carbocycles. The first-order chi connectivity index (χ1) is 16.2. The van der Waals surface area contributed by atoms with Crippen molar-refractivity contribution < 1.29 is 24.6 Å². The molecule has 5 heteroatoms. The fourth-order valence-corrected chi connectivity index (χ4v) is 9.01. The van der Waals surface area contributed by atoms with Crippen LogP contribution < -0.4 is 0 Å². The van der Waals surface area contributed by atoms with E-state index >= 15 is 0 Å². The van der Waals surface area contributed by atoms with E-state index in [9.17, 15) is 24.6 Å². The molecule has 0 aliphatic heterocycles. The number of ketones is 2. The van der Waals surface area contributed by atoms with E-state index in [0.717, 1.165) is 35.8 Å². The van der Waals surface area contributed by atoms with Crippen LogP contribution >= 0.6 is 0 Å². The number of carbonyl (C=O) groups excluding carboxylic acids is 3. The van der Waals surface area contributed by atoms with Crippen molar-refractivity contribution in [3.05, 3.63) is 22.8 Å². The SMILES string of the molecule is C/C(C=O)=C\CC[C@@H](C)C1C[C@H](O)[C@@]2(C)C3=C(C(=O)C[C@]12C)[C@@]1(C)CCC(=O)C(C)(C)[C@@H]1C[C@@H]3O. The van der Waals surface area contributed by atoms with Crippen LogP contribution in [-0.2, 0) is 14.4 Å². The monoisotopic (exact) mass is 484 g/mol. The van der Waals surface area contributed by atoms with Crippen molar-refractivity contribution in [3.63, 3.8) is 0 Å². The van der Waals surface area contributed by atoms with Gasteiger partial charge >= 0.3 is 0 Å². The lowest BCUT2D eigenvalue weighted by atomic mass is 9.42. The zero-order valence-corrected chi connectivity index (χ0v) is 22.6. The zero-order chi connectivity index (χ0) is 26.1. The lowest BCUT2D eigenvalue weighted by Gasteiger charge is -2.61. The highest BCUT2D eigenvalue weighted by Crippen LogP contribution is 2.71. The van der Waals surface area contributed by atoms with Gasteiger partial charge in [0.1, 0.15) is 12.1 Å². The predicted octanol–water partition coefficient (Wildman–Crippen LogP) is 4.99. The van der Waals surface area contributed by atoms with Gasteiger partial charge in [0.25, 0.3) is 0 Å². The Labute approximate surface area is 210 Å². The molecule has 0 heterocycles. The highest BCUT2D eigenvalue weighted by Gasteiger charge is 2.69. The molecule has 1 unspecified atom stereocenters. The molecule has 0 amide bonds. The number of hydrogen-bond donors (Lipinski definition) is 2. The van der Waals surface area contributed by atoms with Gasteiger partial charge in [-0.25, -0.2) is 0 Å². The van der Waals surface area contributed by atoms with Gasteiger partial charge in [0, 0.05) is 34.7 Å². The minimum atomic E-state index is -0.830. The molecule has 35 heavy (non-hydrogen) atoms. The van der Waals surface area contributed by atoms with Crippen molar-refractivity contribution in [3.8, 4) is 0 Å². The third-order valence-corrected chi connectivity index (χ3v) is 11.3. The maximum atomic E-state index is 14.0. The Morgan fingerprint density at radius 2 is 1.77 bits per heavy atom. The fourth-order valence-electron chi connectivity index (χ4n) is 9.01. The van der Waals surface area contributed by atoms with Crippen LogP contribution in [0.2, 0.25) is 0 Å². The van der Waals surface area contributed by atoms with Gasteiger partial charge in [0.15, 0.2) is 5.78 Å². The molecule has 2 fully saturated rings. The number of hydrogen-bond acceptors (Lipinski definition) is 5. The molecule has 194 valence electrons. The van der Waals surface area contributed by atoms with Gasteiger partial charge < -0.3 is 10.2 Å². The van der Waals surface area contributed by atoms with E-state index in [4.69, 9.17) is 0 Å². The van der Waals surface area contributed by atoms with Crippen LogP contribution in [0.15, 0.2) is 22.8 Å². The average Bonchev–Trinajstić information content (AvgIpc) is 2.99. The molecule has 5 nitrogen and oxygen atoms in total. The normalized spacial score (nSPS) is 44.0. The molecule has 2 N–H and O–H groups in total. The quantitative estimate of drug-likeness (QED) is 0.424. The number of fused-ring (bicyclic) bond motifs is 4. The molecule has 0 saturated heterocycles. The van der Waals surface area contributed by atoms with Gasteiger partial charge in [-0.05, 0) is 73.3 Å². The largest absolute Gasteiger partial charge is 0.392 e. The molecule has 4 rings (SSSR count). The predicted molar refractivity (Wildman–Crippen MR) is 135 cm³/mol. The van der Waals surface area contributed by atoms with Crippen LogP contribution in [0.4, 0.5) is 0 Å². The molecule has 0 radical (unpaired) electrons. The van der Waals surface area contributed by atoms with Crippen molar-refractivity contribution in [2.24, 2.45) is 39.4 Å². The van der Waals surface area contributed by atoms with Crippen LogP contribution in [0, 0.1) is 39.4 Å². The summed E-state index contributed by atoms with van der Waals surface area (Å²) in [7, 11) is 0. The third-order valence-electron chi connectivity index (χ3n) is 11.3. The first-order valence-electron chi connectivity index (χ1n) is 13.5. The van der Waals surface area contributed by atoms with E-state index < -0.39 is 33.9 Å². The minimum Gasteiger partial charge on any atom is -0.392 e. The molecule has 0 bridgehead atoms. The molecule has 0 aromatic heterocycles. The summed E-state index contributed by atoms with van der Waals surface area (Å²) in [6.07, 6.45) is 5.53. The smallest absolute Gasteiger partial charge is 0.160 e. The molecular formula is C30H44O5. The second-order valence-electron chi connectivity index (χ2n) is 13.4. The van der Waals surface area contributed by atoms with Gasteiger partial charge in [-0.1, -0.05) is 47.6 Å². The maximum Gasteiger partial charge on any atom is 0.160 e. The van der Waals surface area contributed by atoms with Gasteiger partial charge in [-0.2, -0.15) is 0 Å². The summed E-state index contributed by atoms with van der Waals surface area (Å²) in [5, 5.41) is 23.2. The summed E-state index contributed by atoms with van der Waals surface area (Å²) in [5.74, 6) is 0.608. The lowest BCUT2D eigenvalue weighted by Crippen LogP contribution is -2.60. The van der Waals surface area contributed by atoms with Gasteiger partial charge in [0.2, 0.25) is 0 Å². The number of aldehydes is 1. The molecule has 0 aromatic rings. The van der Waals surface area contributed by atoms with Gasteiger partial charge in [-0.3, -0.25) is 14.4 Å². The standard InChI is InChI=1S/C30H44O5/c1-17(16-31)9-8-10-18(2)19-13-24(35)30(7)26-20(32)14-22-27(3,4)23(34)11-12-28(22,5)25(26)21(33)15-29(19,30)6/h9,16,18-20,22,24,32,35H,8,10-15H2,1-7H3/b17-9+/t18-,19?,20+,22+,24+,28+,29-,30+/m1/s1. The van der Waals surface area contributed by atoms with Crippen LogP contribution in [0.5, 0.6) is 0 Å². The summed E-state index contributed by atoms with van der Waals surface area (Å²) in [6.45, 7) is 14.3. The lowest BCUT2D eigenvalue weighted by molar-refractivity contribution is -0.146.